The Morgan fingerprint density at radius 1 is 1.44 bits per heavy atom. The molecule has 0 aromatic heterocycles. The van der Waals surface area contributed by atoms with Gasteiger partial charge in [0.25, 0.3) is 0 Å². The van der Waals surface area contributed by atoms with E-state index >= 15 is 0 Å². The smallest absolute Gasteiger partial charge is 0.144 e. The molecule has 2 nitrogen and oxygen atoms in total. The van der Waals surface area contributed by atoms with Gasteiger partial charge in [-0.2, -0.15) is 0 Å². The third-order valence-corrected chi connectivity index (χ3v) is 0.357. The molecule has 0 rings (SSSR count). The number of carboxylic acid groups (broad SMARTS) is 1. The molecule has 0 atom stereocenters. The Balaban J connectivity index is -0.000000180. The maximum Gasteiger partial charge on any atom is 0.144 e. The number of hydrogen-bond acceptors (Lipinski definition) is 1. The van der Waals surface area contributed by atoms with Gasteiger partial charge in [-0.15, -0.1) is 0 Å². The molecule has 9 heavy (non-hydrogen) atoms. The van der Waals surface area contributed by atoms with Gasteiger partial charge in [-0.25, -0.2) is 0 Å². The topological polar surface area (TPSA) is 37.3 Å². The molecule has 0 unspecified atom stereocenters. The monoisotopic (exact) mass is 553 g/mol. The van der Waals surface area contributed by atoms with Gasteiger partial charge in [-0.3, -0.25) is 10.4 Å². The first-order valence-corrected chi connectivity index (χ1v) is 1.93. The molecule has 0 aliphatic rings. The van der Waals surface area contributed by atoms with Crippen LogP contribution in [0.4, 0.5) is 0 Å². The second-order valence-corrected chi connectivity index (χ2v) is 1.43. The molecule has 0 amide bonds. The third-order valence-electron chi connectivity index (χ3n) is 0.357. The number of allylic oxidation sites excluding steroid dienone is 1. The summed E-state index contributed by atoms with van der Waals surface area (Å²) in [6.07, 6.45) is 2.14. The average molecular weight is 552 g/mol. The van der Waals surface area contributed by atoms with Gasteiger partial charge in [0, 0.05) is 20.4 Å². The van der Waals surface area contributed by atoms with Crippen molar-refractivity contribution in [1.82, 2.24) is 0 Å². The van der Waals surface area contributed by atoms with E-state index in [2.05, 4.69) is 6.08 Å². The maximum atomic E-state index is 9.68. The van der Waals surface area contributed by atoms with Crippen LogP contribution in [0.25, 0.3) is 0 Å². The molecular weight excluding hydrogens is 545 g/mol. The summed E-state index contributed by atoms with van der Waals surface area (Å²) < 4.78 is 0. The SMILES string of the molecule is CC(C)=[C-]C(=O)O.[Re].[Rf]. The molecule has 0 spiro atoms. The van der Waals surface area contributed by atoms with Crippen LogP contribution >= 0.6 is 0 Å². The van der Waals surface area contributed by atoms with Crippen LogP contribution in [0.2, 0.25) is 0 Å². The minimum absolute atomic E-state index is 0. The minimum atomic E-state index is -1.000. The first-order chi connectivity index (χ1) is 3.13. The Labute approximate surface area is 62.2 Å². The van der Waals surface area contributed by atoms with Crippen LogP contribution < -0.4 is 0 Å². The molecule has 4 heteroatoms. The van der Waals surface area contributed by atoms with E-state index in [1.807, 2.05) is 0 Å². The first-order valence-electron chi connectivity index (χ1n) is 1.93. The van der Waals surface area contributed by atoms with Crippen LogP contribution in [0.3, 0.4) is 0 Å². The van der Waals surface area contributed by atoms with Gasteiger partial charge in [-0.1, -0.05) is 13.8 Å². The van der Waals surface area contributed by atoms with E-state index in [1.54, 1.807) is 13.8 Å². The largest absolute Gasteiger partial charge is 0.505 e. The fourth-order valence-electron chi connectivity index (χ4n) is 0.214. The molecule has 0 aliphatic heterocycles. The summed E-state index contributed by atoms with van der Waals surface area (Å²) >= 11 is 0. The van der Waals surface area contributed by atoms with Crippen molar-refractivity contribution in [2.24, 2.45) is 0 Å². The third kappa shape index (κ3) is 19.8. The number of rotatable bonds is 1. The predicted molar refractivity (Wildman–Crippen MR) is 25.7 cm³/mol. The van der Waals surface area contributed by atoms with Crippen molar-refractivity contribution in [1.29, 1.82) is 0 Å². The summed E-state index contributed by atoms with van der Waals surface area (Å²) in [5.41, 5.74) is 0.688. The predicted octanol–water partition coefficient (Wildman–Crippen LogP) is 0.838. The van der Waals surface area contributed by atoms with Crippen LogP contribution in [0, 0.1) is 6.08 Å². The maximum absolute atomic E-state index is 9.68. The summed E-state index contributed by atoms with van der Waals surface area (Å²) in [5.74, 6) is -1.000. The number of carboxylic acids is 1. The Morgan fingerprint density at radius 3 is 1.78 bits per heavy atom. The van der Waals surface area contributed by atoms with Crippen molar-refractivity contribution >= 4 is 5.97 Å². The molecule has 1 N–H and O–H groups in total. The molecule has 0 bridgehead atoms. The van der Waals surface area contributed by atoms with E-state index in [1.165, 1.54) is 0 Å². The van der Waals surface area contributed by atoms with E-state index in [-0.39, 0.29) is 20.4 Å². The van der Waals surface area contributed by atoms with Crippen molar-refractivity contribution in [2.75, 3.05) is 0 Å². The van der Waals surface area contributed by atoms with Gasteiger partial charge in [-0.05, 0) is 0 Å². The molecule has 0 heterocycles. The van der Waals surface area contributed by atoms with Gasteiger partial charge in [0.15, 0.2) is 0 Å². The van der Waals surface area contributed by atoms with Gasteiger partial charge >= 0.3 is 0 Å². The van der Waals surface area contributed by atoms with Crippen molar-refractivity contribution in [3.05, 3.63) is 11.6 Å². The summed E-state index contributed by atoms with van der Waals surface area (Å²) in [7, 11) is 0. The Morgan fingerprint density at radius 2 is 1.78 bits per heavy atom. The van der Waals surface area contributed by atoms with Gasteiger partial charge in [0.05, 0.1) is 0 Å². The van der Waals surface area contributed by atoms with Crippen LogP contribution in [0.15, 0.2) is 5.57 Å². The zero-order chi connectivity index (χ0) is 5.86. The molecule has 0 aromatic rings. The van der Waals surface area contributed by atoms with Crippen molar-refractivity contribution in [3.8, 4) is 0 Å². The zero-order valence-electron chi connectivity index (χ0n) is 5.44. The average Bonchev–Trinajstić information content (AvgIpc) is 1.27. The Hall–Kier alpha value is -1.13. The van der Waals surface area contributed by atoms with Crippen molar-refractivity contribution in [2.45, 2.75) is 13.8 Å². The van der Waals surface area contributed by atoms with Gasteiger partial charge in [0.2, 0.25) is 0 Å². The fourth-order valence-corrected chi connectivity index (χ4v) is 0.214. The molecule has 0 aliphatic carbocycles. The Bertz CT molecular complexity index is 108. The Kier molecular flexibility index (Phi) is 12.0. The van der Waals surface area contributed by atoms with Crippen LogP contribution in [0.5, 0.6) is 0 Å². The van der Waals surface area contributed by atoms with E-state index in [4.69, 9.17) is 5.11 Å². The van der Waals surface area contributed by atoms with Gasteiger partial charge in [0.1, 0.15) is 5.97 Å². The second kappa shape index (κ2) is 6.87. The van der Waals surface area contributed by atoms with E-state index in [0.29, 0.717) is 5.57 Å². The number of carbonyl (C=O) groups is 1. The summed E-state index contributed by atoms with van der Waals surface area (Å²) in [4.78, 5) is 9.68. The molecule has 0 saturated heterocycles. The van der Waals surface area contributed by atoms with E-state index < -0.39 is 5.97 Å². The van der Waals surface area contributed by atoms with Crippen molar-refractivity contribution < 1.29 is 30.3 Å². The number of aliphatic carboxylic acids is 1. The summed E-state index contributed by atoms with van der Waals surface area (Å²) in [6, 6.07) is 0. The minimum Gasteiger partial charge on any atom is -0.505 e. The van der Waals surface area contributed by atoms with Crippen molar-refractivity contribution in [3.63, 3.8) is 0 Å². The molecular formula is C5H7O2ReRf-. The van der Waals surface area contributed by atoms with Crippen LogP contribution in [-0.2, 0) is 25.2 Å². The quantitative estimate of drug-likeness (QED) is 0.387. The molecule has 0 saturated carbocycles. The zero-order valence-corrected chi connectivity index (χ0v) is 14.6. The standard InChI is InChI=1S/C5H7O2.Re.Rf/c1-4(2)3-5(6)7;;/h1-2H3,(H,6,7);;/q-1;;. The molecule has 49 valence electrons. The summed E-state index contributed by atoms with van der Waals surface area (Å²) in [6.45, 7) is 3.38. The molecule has 0 aromatic carbocycles. The fraction of sp³-hybridized carbons (Fsp3) is 0.400. The normalized spacial score (nSPS) is 6.00. The van der Waals surface area contributed by atoms with E-state index in [9.17, 15) is 4.79 Å². The molecule has 0 fully saturated rings. The molecule has 1 radical (unpaired) electrons. The first kappa shape index (κ1) is 15.7. The number of hydrogen-bond donors (Lipinski definition) is 1. The summed E-state index contributed by atoms with van der Waals surface area (Å²) in [5, 5.41) is 7.95. The van der Waals surface area contributed by atoms with E-state index in [0.717, 1.165) is 0 Å². The van der Waals surface area contributed by atoms with Crippen LogP contribution in [0.1, 0.15) is 13.8 Å². The second-order valence-electron chi connectivity index (χ2n) is 1.43. The van der Waals surface area contributed by atoms with Gasteiger partial charge < -0.3 is 11.2 Å². The van der Waals surface area contributed by atoms with Crippen LogP contribution in [-0.4, -0.2) is 11.1 Å².